The number of aromatic hydroxyl groups is 2. The summed E-state index contributed by atoms with van der Waals surface area (Å²) in [5.41, 5.74) is 1.37. The monoisotopic (exact) mass is 516 g/mol. The molecule has 0 saturated heterocycles. The van der Waals surface area contributed by atoms with Crippen LogP contribution >= 0.6 is 24.8 Å². The fourth-order valence-corrected chi connectivity index (χ4v) is 2.32. The summed E-state index contributed by atoms with van der Waals surface area (Å²) in [5, 5.41) is 19.0. The number of nitrogens with zero attached hydrogens (tertiary/aromatic N) is 4. The molecule has 0 fully saturated rings. The van der Waals surface area contributed by atoms with E-state index < -0.39 is 0 Å². The van der Waals surface area contributed by atoms with Crippen molar-refractivity contribution in [1.82, 2.24) is 9.97 Å². The van der Waals surface area contributed by atoms with Gasteiger partial charge in [-0.05, 0) is 48.5 Å². The summed E-state index contributed by atoms with van der Waals surface area (Å²) in [6, 6.07) is 25.1. The van der Waals surface area contributed by atoms with Crippen LogP contribution < -0.4 is 0 Å². The van der Waals surface area contributed by atoms with Crippen LogP contribution in [0.5, 0.6) is 11.5 Å². The molecule has 0 aliphatic heterocycles. The Morgan fingerprint density at radius 1 is 0.545 bits per heavy atom. The molecule has 2 heterocycles. The van der Waals surface area contributed by atoms with Crippen molar-refractivity contribution >= 4 is 48.9 Å². The second-order valence-electron chi connectivity index (χ2n) is 6.01. The standard InChI is InChI=1S/2C12H10N2O.2ClH.Ti/c2*15-11-6-2-1-5-10(11)9-14-12-7-3-4-8-13-12;;;/h2*1-9,15H;2*1H;. The summed E-state index contributed by atoms with van der Waals surface area (Å²) in [4.78, 5) is 16.4. The number of benzene rings is 2. The zero-order valence-electron chi connectivity index (χ0n) is 17.4. The number of phenols is 2. The van der Waals surface area contributed by atoms with E-state index >= 15 is 0 Å². The Balaban J connectivity index is 0.000000569. The molecule has 0 aliphatic rings. The Kier molecular flexibility index (Phi) is 15.1. The normalized spacial score (nSPS) is 9.70. The van der Waals surface area contributed by atoms with Crippen LogP contribution in [-0.4, -0.2) is 32.6 Å². The molecule has 168 valence electrons. The number of pyridine rings is 2. The number of para-hydroxylation sites is 2. The molecule has 33 heavy (non-hydrogen) atoms. The minimum Gasteiger partial charge on any atom is -0.507 e. The maximum Gasteiger partial charge on any atom is 0.151 e. The van der Waals surface area contributed by atoms with Gasteiger partial charge in [-0.15, -0.1) is 24.8 Å². The van der Waals surface area contributed by atoms with Gasteiger partial charge >= 0.3 is 0 Å². The molecule has 0 atom stereocenters. The van der Waals surface area contributed by atoms with Crippen molar-refractivity contribution in [2.24, 2.45) is 9.98 Å². The molecule has 2 N–H and O–H groups in total. The molecule has 9 heteroatoms. The van der Waals surface area contributed by atoms with E-state index in [9.17, 15) is 10.2 Å². The van der Waals surface area contributed by atoms with Crippen molar-refractivity contribution in [3.8, 4) is 11.5 Å². The number of halogens is 2. The molecule has 0 spiro atoms. The van der Waals surface area contributed by atoms with Gasteiger partial charge in [-0.25, -0.2) is 20.0 Å². The van der Waals surface area contributed by atoms with Gasteiger partial charge in [0.05, 0.1) is 0 Å². The molecule has 4 aromatic rings. The first-order valence-corrected chi connectivity index (χ1v) is 9.18. The number of phenolic OH excluding ortho intramolecular Hbond substituents is 2. The van der Waals surface area contributed by atoms with Crippen LogP contribution in [-0.2, 0) is 21.7 Å². The van der Waals surface area contributed by atoms with E-state index in [0.29, 0.717) is 22.8 Å². The summed E-state index contributed by atoms with van der Waals surface area (Å²) in [5.74, 6) is 1.69. The molecule has 2 aromatic heterocycles. The number of hydrogen-bond donors (Lipinski definition) is 2. The summed E-state index contributed by atoms with van der Waals surface area (Å²) in [7, 11) is 0. The van der Waals surface area contributed by atoms with Gasteiger partial charge in [-0.3, -0.25) is 0 Å². The number of aliphatic imine (C=N–C) groups is 2. The molecular formula is C24H22Cl2N4O2Ti. The van der Waals surface area contributed by atoms with Crippen molar-refractivity contribution in [3.63, 3.8) is 0 Å². The first-order chi connectivity index (χ1) is 14.7. The first-order valence-electron chi connectivity index (χ1n) is 9.18. The molecule has 0 radical (unpaired) electrons. The predicted octanol–water partition coefficient (Wildman–Crippen LogP) is 5.92. The van der Waals surface area contributed by atoms with E-state index in [2.05, 4.69) is 20.0 Å². The smallest absolute Gasteiger partial charge is 0.151 e. The van der Waals surface area contributed by atoms with E-state index in [-0.39, 0.29) is 58.0 Å². The SMILES string of the molecule is Cl.Cl.Oc1ccccc1C=Nc1ccccn1.Oc1ccccc1C=Nc1ccccn1.[Ti]. The zero-order chi connectivity index (χ0) is 21.0. The molecule has 2 aromatic carbocycles. The van der Waals surface area contributed by atoms with Crippen LogP contribution in [0, 0.1) is 0 Å². The predicted molar refractivity (Wildman–Crippen MR) is 134 cm³/mol. The Morgan fingerprint density at radius 3 is 1.24 bits per heavy atom. The third kappa shape index (κ3) is 10.4. The van der Waals surface area contributed by atoms with Gasteiger partial charge in [0.25, 0.3) is 0 Å². The molecule has 0 amide bonds. The summed E-state index contributed by atoms with van der Waals surface area (Å²) < 4.78 is 0. The Hall–Kier alpha value is -3.03. The van der Waals surface area contributed by atoms with Crippen molar-refractivity contribution in [2.45, 2.75) is 0 Å². The molecule has 4 rings (SSSR count). The molecule has 0 unspecified atom stereocenters. The maximum absolute atomic E-state index is 9.48. The zero-order valence-corrected chi connectivity index (χ0v) is 20.6. The van der Waals surface area contributed by atoms with Crippen LogP contribution in [0.1, 0.15) is 11.1 Å². The van der Waals surface area contributed by atoms with Gasteiger partial charge in [0, 0.05) is 57.7 Å². The van der Waals surface area contributed by atoms with Crippen molar-refractivity contribution < 1.29 is 31.9 Å². The fourth-order valence-electron chi connectivity index (χ4n) is 2.32. The van der Waals surface area contributed by atoms with Crippen LogP contribution in [0.15, 0.2) is 107 Å². The summed E-state index contributed by atoms with van der Waals surface area (Å²) in [6.07, 6.45) is 6.55. The van der Waals surface area contributed by atoms with Gasteiger partial charge in [-0.1, -0.05) is 36.4 Å². The van der Waals surface area contributed by atoms with Crippen molar-refractivity contribution in [1.29, 1.82) is 0 Å². The Labute approximate surface area is 219 Å². The van der Waals surface area contributed by atoms with Gasteiger partial charge in [0.2, 0.25) is 0 Å². The fraction of sp³-hybridized carbons (Fsp3) is 0. The Morgan fingerprint density at radius 2 is 0.909 bits per heavy atom. The van der Waals surface area contributed by atoms with E-state index in [0.717, 1.165) is 0 Å². The largest absolute Gasteiger partial charge is 0.507 e. The van der Waals surface area contributed by atoms with E-state index in [1.165, 1.54) is 0 Å². The average Bonchev–Trinajstić information content (AvgIpc) is 2.80. The molecular weight excluding hydrogens is 495 g/mol. The minimum atomic E-state index is 0. The molecule has 0 saturated carbocycles. The van der Waals surface area contributed by atoms with E-state index in [1.54, 1.807) is 73.4 Å². The first kappa shape index (κ1) is 30.0. The second kappa shape index (κ2) is 16.6. The van der Waals surface area contributed by atoms with Crippen molar-refractivity contribution in [3.05, 3.63) is 108 Å². The number of rotatable bonds is 4. The summed E-state index contributed by atoms with van der Waals surface area (Å²) in [6.45, 7) is 0. The average molecular weight is 517 g/mol. The van der Waals surface area contributed by atoms with E-state index in [1.807, 2.05) is 36.4 Å². The number of aromatic nitrogens is 2. The third-order valence-electron chi connectivity index (χ3n) is 3.84. The quantitative estimate of drug-likeness (QED) is 0.260. The Bertz CT molecular complexity index is 1040. The van der Waals surface area contributed by atoms with Crippen LogP contribution in [0.2, 0.25) is 0 Å². The van der Waals surface area contributed by atoms with Crippen LogP contribution in [0.25, 0.3) is 0 Å². The molecule has 0 aliphatic carbocycles. The molecule has 6 nitrogen and oxygen atoms in total. The van der Waals surface area contributed by atoms with Gasteiger partial charge in [0.15, 0.2) is 11.6 Å². The summed E-state index contributed by atoms with van der Waals surface area (Å²) >= 11 is 0. The topological polar surface area (TPSA) is 91.0 Å². The van der Waals surface area contributed by atoms with Crippen molar-refractivity contribution in [2.75, 3.05) is 0 Å². The van der Waals surface area contributed by atoms with Crippen LogP contribution in [0.3, 0.4) is 0 Å². The molecule has 0 bridgehead atoms. The van der Waals surface area contributed by atoms with Gasteiger partial charge in [0.1, 0.15) is 11.5 Å². The minimum absolute atomic E-state index is 0. The van der Waals surface area contributed by atoms with Crippen LogP contribution in [0.4, 0.5) is 11.6 Å². The van der Waals surface area contributed by atoms with E-state index in [4.69, 9.17) is 0 Å². The third-order valence-corrected chi connectivity index (χ3v) is 3.84. The number of hydrogen-bond acceptors (Lipinski definition) is 6. The van der Waals surface area contributed by atoms with Gasteiger partial charge < -0.3 is 10.2 Å². The second-order valence-corrected chi connectivity index (χ2v) is 6.01. The maximum atomic E-state index is 9.48. The van der Waals surface area contributed by atoms with Gasteiger partial charge in [-0.2, -0.15) is 0 Å².